The molecule has 6 heteroatoms. The Kier molecular flexibility index (Phi) is 3.95. The summed E-state index contributed by atoms with van der Waals surface area (Å²) >= 11 is 6.28. The summed E-state index contributed by atoms with van der Waals surface area (Å²) in [5.41, 5.74) is 1.53. The highest BCUT2D eigenvalue weighted by Gasteiger charge is 2.13. The number of hydrogen-bond donors (Lipinski definition) is 1. The first-order chi connectivity index (χ1) is 11.0. The molecular weight excluding hydrogens is 316 g/mol. The topological polar surface area (TPSA) is 76.3 Å². The maximum absolute atomic E-state index is 10.9. The van der Waals surface area contributed by atoms with Crippen LogP contribution in [0.2, 0.25) is 0 Å². The molecule has 0 amide bonds. The van der Waals surface area contributed by atoms with E-state index in [1.54, 1.807) is 18.2 Å². The minimum Gasteiger partial charge on any atom is -0.502 e. The van der Waals surface area contributed by atoms with Gasteiger partial charge in [-0.2, -0.15) is 0 Å². The first-order valence-corrected chi connectivity index (χ1v) is 7.13. The predicted octanol–water partition coefficient (Wildman–Crippen LogP) is 4.59. The van der Waals surface area contributed by atoms with Gasteiger partial charge in [-0.05, 0) is 29.8 Å². The number of pyridine rings is 1. The largest absolute Gasteiger partial charge is 0.502 e. The second-order valence-electron chi connectivity index (χ2n) is 4.89. The Hall–Kier alpha value is -2.92. The molecule has 0 aliphatic heterocycles. The predicted molar refractivity (Wildman–Crippen MR) is 90.2 cm³/mol. The van der Waals surface area contributed by atoms with Gasteiger partial charge in [0, 0.05) is 11.5 Å². The lowest BCUT2D eigenvalue weighted by Crippen LogP contribution is -1.90. The minimum absolute atomic E-state index is 0.357. The number of halogens is 1. The summed E-state index contributed by atoms with van der Waals surface area (Å²) in [5.74, 6) is -0.382. The van der Waals surface area contributed by atoms with Crippen molar-refractivity contribution in [1.82, 2.24) is 4.98 Å². The number of hydrogen-bond acceptors (Lipinski definition) is 4. The highest BCUT2D eigenvalue weighted by Crippen LogP contribution is 2.29. The van der Waals surface area contributed by atoms with Crippen LogP contribution in [0.4, 0.5) is 5.69 Å². The zero-order chi connectivity index (χ0) is 16.4. The fourth-order valence-electron chi connectivity index (χ4n) is 2.20. The first-order valence-electron chi connectivity index (χ1n) is 6.75. The molecule has 0 aliphatic rings. The SMILES string of the molecule is O=[N+]([O-])c1cc(/C=C(\Cl)c2ccc3ccccc3n2)ccc1O. The van der Waals surface area contributed by atoms with Crippen LogP contribution in [0, 0.1) is 10.1 Å². The number of phenols is 1. The molecule has 3 rings (SSSR count). The Labute approximate surface area is 136 Å². The van der Waals surface area contributed by atoms with E-state index >= 15 is 0 Å². The van der Waals surface area contributed by atoms with E-state index in [0.29, 0.717) is 16.3 Å². The van der Waals surface area contributed by atoms with E-state index in [4.69, 9.17) is 11.6 Å². The second-order valence-corrected chi connectivity index (χ2v) is 5.29. The van der Waals surface area contributed by atoms with Gasteiger partial charge < -0.3 is 5.11 Å². The summed E-state index contributed by atoms with van der Waals surface area (Å²) in [6, 6.07) is 15.4. The van der Waals surface area contributed by atoms with Crippen LogP contribution in [0.3, 0.4) is 0 Å². The quantitative estimate of drug-likeness (QED) is 0.564. The number of aromatic hydroxyl groups is 1. The number of para-hydroxylation sites is 1. The van der Waals surface area contributed by atoms with E-state index in [0.717, 1.165) is 10.9 Å². The Morgan fingerprint density at radius 3 is 2.74 bits per heavy atom. The van der Waals surface area contributed by atoms with E-state index in [1.165, 1.54) is 12.1 Å². The molecule has 0 bridgehead atoms. The molecule has 0 spiro atoms. The average Bonchev–Trinajstić information content (AvgIpc) is 2.55. The molecule has 0 fully saturated rings. The summed E-state index contributed by atoms with van der Waals surface area (Å²) in [7, 11) is 0. The number of nitro benzene ring substituents is 1. The van der Waals surface area contributed by atoms with E-state index < -0.39 is 4.92 Å². The van der Waals surface area contributed by atoms with Crippen molar-refractivity contribution >= 4 is 39.3 Å². The van der Waals surface area contributed by atoms with Crippen LogP contribution >= 0.6 is 11.6 Å². The summed E-state index contributed by atoms with van der Waals surface area (Å²) < 4.78 is 0. The normalized spacial score (nSPS) is 11.6. The lowest BCUT2D eigenvalue weighted by Gasteiger charge is -2.03. The van der Waals surface area contributed by atoms with Crippen molar-refractivity contribution in [3.63, 3.8) is 0 Å². The van der Waals surface area contributed by atoms with Gasteiger partial charge in [-0.3, -0.25) is 10.1 Å². The third-order valence-electron chi connectivity index (χ3n) is 3.33. The van der Waals surface area contributed by atoms with Crippen LogP contribution in [0.1, 0.15) is 11.3 Å². The Bertz CT molecular complexity index is 938. The van der Waals surface area contributed by atoms with Gasteiger partial charge in [0.25, 0.3) is 0 Å². The number of rotatable bonds is 3. The van der Waals surface area contributed by atoms with Crippen LogP contribution in [0.25, 0.3) is 22.0 Å². The lowest BCUT2D eigenvalue weighted by molar-refractivity contribution is -0.385. The maximum atomic E-state index is 10.9. The fourth-order valence-corrected chi connectivity index (χ4v) is 2.43. The standard InChI is InChI=1S/C17H11ClN2O3/c18-13(9-11-5-8-17(21)16(10-11)20(22)23)15-7-6-12-3-1-2-4-14(12)19-15/h1-10,21H/b13-9-. The van der Waals surface area contributed by atoms with Crippen molar-refractivity contribution in [3.8, 4) is 5.75 Å². The molecule has 1 heterocycles. The van der Waals surface area contributed by atoms with Gasteiger partial charge in [-0.15, -0.1) is 0 Å². The summed E-state index contributed by atoms with van der Waals surface area (Å²) in [6.07, 6.45) is 1.57. The molecule has 1 N–H and O–H groups in total. The number of phenolic OH excluding ortho intramolecular Hbond substituents is 1. The van der Waals surface area contributed by atoms with Crippen molar-refractivity contribution in [2.45, 2.75) is 0 Å². The van der Waals surface area contributed by atoms with Gasteiger partial charge in [-0.25, -0.2) is 4.98 Å². The molecule has 2 aromatic carbocycles. The van der Waals surface area contributed by atoms with Crippen LogP contribution in [0.5, 0.6) is 5.75 Å². The summed E-state index contributed by atoms with van der Waals surface area (Å²) in [4.78, 5) is 14.7. The van der Waals surface area contributed by atoms with Crippen molar-refractivity contribution < 1.29 is 10.0 Å². The van der Waals surface area contributed by atoms with E-state index in [2.05, 4.69) is 4.98 Å². The van der Waals surface area contributed by atoms with Gasteiger partial charge >= 0.3 is 5.69 Å². The smallest absolute Gasteiger partial charge is 0.311 e. The number of nitro groups is 1. The average molecular weight is 327 g/mol. The van der Waals surface area contributed by atoms with Crippen LogP contribution < -0.4 is 0 Å². The highest BCUT2D eigenvalue weighted by molar-refractivity contribution is 6.51. The molecule has 23 heavy (non-hydrogen) atoms. The van der Waals surface area contributed by atoms with Crippen molar-refractivity contribution in [2.24, 2.45) is 0 Å². The van der Waals surface area contributed by atoms with Crippen LogP contribution in [-0.4, -0.2) is 15.0 Å². The Morgan fingerprint density at radius 2 is 1.96 bits per heavy atom. The molecule has 3 aromatic rings. The molecule has 114 valence electrons. The zero-order valence-electron chi connectivity index (χ0n) is 11.8. The molecule has 0 saturated heterocycles. The molecule has 0 atom stereocenters. The highest BCUT2D eigenvalue weighted by atomic mass is 35.5. The van der Waals surface area contributed by atoms with Crippen molar-refractivity contribution in [2.75, 3.05) is 0 Å². The lowest BCUT2D eigenvalue weighted by atomic mass is 10.1. The van der Waals surface area contributed by atoms with Crippen LogP contribution in [0.15, 0.2) is 54.6 Å². The summed E-state index contributed by atoms with van der Waals surface area (Å²) in [6.45, 7) is 0. The van der Waals surface area contributed by atoms with E-state index in [-0.39, 0.29) is 11.4 Å². The van der Waals surface area contributed by atoms with E-state index in [1.807, 2.05) is 30.3 Å². The van der Waals surface area contributed by atoms with Gasteiger partial charge in [0.05, 0.1) is 21.2 Å². The first kappa shape index (κ1) is 15.0. The number of benzene rings is 2. The zero-order valence-corrected chi connectivity index (χ0v) is 12.6. The molecule has 5 nitrogen and oxygen atoms in total. The molecular formula is C17H11ClN2O3. The maximum Gasteiger partial charge on any atom is 0.311 e. The van der Waals surface area contributed by atoms with Gasteiger partial charge in [-0.1, -0.05) is 41.9 Å². The van der Waals surface area contributed by atoms with Crippen LogP contribution in [-0.2, 0) is 0 Å². The van der Waals surface area contributed by atoms with Gasteiger partial charge in [0.2, 0.25) is 0 Å². The van der Waals surface area contributed by atoms with Crippen molar-refractivity contribution in [1.29, 1.82) is 0 Å². The van der Waals surface area contributed by atoms with E-state index in [9.17, 15) is 15.2 Å². The van der Waals surface area contributed by atoms with Crippen molar-refractivity contribution in [3.05, 3.63) is 76.0 Å². The molecule has 1 aromatic heterocycles. The molecule has 0 radical (unpaired) electrons. The third kappa shape index (κ3) is 3.14. The molecule has 0 unspecified atom stereocenters. The summed E-state index contributed by atoms with van der Waals surface area (Å²) in [5, 5.41) is 21.7. The Morgan fingerprint density at radius 1 is 1.17 bits per heavy atom. The second kappa shape index (κ2) is 6.06. The number of nitrogens with zero attached hydrogens (tertiary/aromatic N) is 2. The van der Waals surface area contributed by atoms with Gasteiger partial charge in [0.15, 0.2) is 5.75 Å². The molecule has 0 saturated carbocycles. The molecule has 0 aliphatic carbocycles. The third-order valence-corrected chi connectivity index (χ3v) is 3.64. The van der Waals surface area contributed by atoms with Gasteiger partial charge in [0.1, 0.15) is 0 Å². The number of aromatic nitrogens is 1. The Balaban J connectivity index is 2.00. The minimum atomic E-state index is -0.644. The fraction of sp³-hybridized carbons (Fsp3) is 0. The monoisotopic (exact) mass is 326 g/mol. The number of fused-ring (bicyclic) bond motifs is 1.